The molecule has 0 fully saturated rings. The lowest BCUT2D eigenvalue weighted by Gasteiger charge is -2.10. The van der Waals surface area contributed by atoms with Crippen LogP contribution in [-0.2, 0) is 22.7 Å². The summed E-state index contributed by atoms with van der Waals surface area (Å²) in [5, 5.41) is 17.2. The van der Waals surface area contributed by atoms with Crippen LogP contribution in [0.5, 0.6) is 0 Å². The zero-order valence-corrected chi connectivity index (χ0v) is 9.15. The van der Waals surface area contributed by atoms with Gasteiger partial charge in [-0.05, 0) is 0 Å². The van der Waals surface area contributed by atoms with Gasteiger partial charge in [0.05, 0.1) is 6.54 Å². The van der Waals surface area contributed by atoms with Crippen molar-refractivity contribution in [1.82, 2.24) is 9.13 Å². The van der Waals surface area contributed by atoms with E-state index in [-0.39, 0.29) is 0 Å². The molecule has 0 aliphatic carbocycles. The van der Waals surface area contributed by atoms with Gasteiger partial charge in [0.25, 0.3) is 5.56 Å². The Labute approximate surface area is 99.7 Å². The summed E-state index contributed by atoms with van der Waals surface area (Å²) in [6.07, 6.45) is 1.03. The van der Waals surface area contributed by atoms with Crippen LogP contribution in [0.3, 0.4) is 0 Å². The van der Waals surface area contributed by atoms with Gasteiger partial charge in [0.1, 0.15) is 12.6 Å². The molecule has 0 aliphatic heterocycles. The largest absolute Gasteiger partial charge is 0.480 e. The maximum absolute atomic E-state index is 11.7. The molecule has 9 heteroatoms. The SMILES string of the molecule is N[C@@H](Cn1c(=O)ccn(CC(=O)O)c1=O)C(=O)O. The topological polar surface area (TPSA) is 145 Å². The molecule has 0 aromatic carbocycles. The van der Waals surface area contributed by atoms with E-state index in [1.807, 2.05) is 0 Å². The van der Waals surface area contributed by atoms with Crippen molar-refractivity contribution in [2.45, 2.75) is 19.1 Å². The Hall–Kier alpha value is -2.42. The summed E-state index contributed by atoms with van der Waals surface area (Å²) < 4.78 is 1.36. The molecule has 0 bridgehead atoms. The Morgan fingerprint density at radius 2 is 1.94 bits per heavy atom. The molecule has 98 valence electrons. The summed E-state index contributed by atoms with van der Waals surface area (Å²) in [4.78, 5) is 44.1. The van der Waals surface area contributed by atoms with Crippen LogP contribution in [-0.4, -0.2) is 37.3 Å². The fourth-order valence-electron chi connectivity index (χ4n) is 1.27. The van der Waals surface area contributed by atoms with Crippen molar-refractivity contribution >= 4 is 11.9 Å². The van der Waals surface area contributed by atoms with E-state index in [4.69, 9.17) is 15.9 Å². The molecule has 1 heterocycles. The number of hydrogen-bond donors (Lipinski definition) is 3. The van der Waals surface area contributed by atoms with Crippen molar-refractivity contribution in [2.75, 3.05) is 0 Å². The van der Waals surface area contributed by atoms with Gasteiger partial charge in [-0.1, -0.05) is 0 Å². The fourth-order valence-corrected chi connectivity index (χ4v) is 1.27. The Morgan fingerprint density at radius 1 is 1.33 bits per heavy atom. The van der Waals surface area contributed by atoms with E-state index >= 15 is 0 Å². The van der Waals surface area contributed by atoms with Gasteiger partial charge < -0.3 is 15.9 Å². The molecule has 4 N–H and O–H groups in total. The Balaban J connectivity index is 3.19. The monoisotopic (exact) mass is 257 g/mol. The van der Waals surface area contributed by atoms with Crippen molar-refractivity contribution < 1.29 is 19.8 Å². The summed E-state index contributed by atoms with van der Waals surface area (Å²) >= 11 is 0. The van der Waals surface area contributed by atoms with Crippen molar-refractivity contribution in [3.8, 4) is 0 Å². The van der Waals surface area contributed by atoms with E-state index in [1.54, 1.807) is 0 Å². The number of nitrogens with two attached hydrogens (primary N) is 1. The molecule has 9 nitrogen and oxygen atoms in total. The van der Waals surface area contributed by atoms with E-state index in [9.17, 15) is 19.2 Å². The molecular weight excluding hydrogens is 246 g/mol. The molecule has 0 spiro atoms. The molecule has 1 aromatic rings. The minimum atomic E-state index is -1.42. The summed E-state index contributed by atoms with van der Waals surface area (Å²) in [5.74, 6) is -2.63. The molecule has 0 saturated carbocycles. The second kappa shape index (κ2) is 5.27. The average molecular weight is 257 g/mol. The highest BCUT2D eigenvalue weighted by atomic mass is 16.4. The first-order valence-corrected chi connectivity index (χ1v) is 4.83. The Kier molecular flexibility index (Phi) is 4.00. The van der Waals surface area contributed by atoms with Gasteiger partial charge >= 0.3 is 17.6 Å². The zero-order valence-electron chi connectivity index (χ0n) is 9.15. The number of carboxylic acid groups (broad SMARTS) is 2. The Bertz CT molecular complexity index is 587. The molecule has 1 rings (SSSR count). The Morgan fingerprint density at radius 3 is 2.44 bits per heavy atom. The molecule has 0 unspecified atom stereocenters. The van der Waals surface area contributed by atoms with Gasteiger partial charge in [0, 0.05) is 12.3 Å². The van der Waals surface area contributed by atoms with Crippen LogP contribution in [0.4, 0.5) is 0 Å². The molecule has 0 amide bonds. The summed E-state index contributed by atoms with van der Waals surface area (Å²) in [6, 6.07) is -0.449. The number of hydrogen-bond acceptors (Lipinski definition) is 5. The third-order valence-electron chi connectivity index (χ3n) is 2.14. The molecule has 0 aliphatic rings. The predicted molar refractivity (Wildman–Crippen MR) is 58.2 cm³/mol. The molecule has 0 saturated heterocycles. The zero-order chi connectivity index (χ0) is 13.9. The maximum atomic E-state index is 11.7. The van der Waals surface area contributed by atoms with E-state index in [0.717, 1.165) is 16.8 Å². The first-order valence-electron chi connectivity index (χ1n) is 4.83. The van der Waals surface area contributed by atoms with Gasteiger partial charge in [-0.25, -0.2) is 4.79 Å². The number of aromatic nitrogens is 2. The second-order valence-electron chi connectivity index (χ2n) is 3.51. The van der Waals surface area contributed by atoms with Crippen LogP contribution in [0, 0.1) is 0 Å². The summed E-state index contributed by atoms with van der Waals surface area (Å²) in [5.41, 5.74) is 3.56. The van der Waals surface area contributed by atoms with Gasteiger partial charge in [-0.2, -0.15) is 0 Å². The van der Waals surface area contributed by atoms with Crippen LogP contribution in [0.2, 0.25) is 0 Å². The van der Waals surface area contributed by atoms with E-state index in [1.165, 1.54) is 0 Å². The van der Waals surface area contributed by atoms with E-state index in [0.29, 0.717) is 4.57 Å². The quantitative estimate of drug-likeness (QED) is 0.529. The van der Waals surface area contributed by atoms with Gasteiger partial charge in [-0.3, -0.25) is 23.5 Å². The summed E-state index contributed by atoms with van der Waals surface area (Å²) in [6.45, 7) is -1.14. The second-order valence-corrected chi connectivity index (χ2v) is 3.51. The first kappa shape index (κ1) is 13.6. The maximum Gasteiger partial charge on any atom is 0.331 e. The highest BCUT2D eigenvalue weighted by Gasteiger charge is 2.16. The highest BCUT2D eigenvalue weighted by Crippen LogP contribution is 1.85. The lowest BCUT2D eigenvalue weighted by molar-refractivity contribution is -0.139. The normalized spacial score (nSPS) is 12.1. The standard InChI is InChI=1S/C9H11N3O6/c10-5(8(16)17)3-12-6(13)1-2-11(9(12)18)4-7(14)15/h1-2,5H,3-4,10H2,(H,14,15)(H,16,17)/t5-/m0/s1. The highest BCUT2D eigenvalue weighted by molar-refractivity contribution is 5.72. The van der Waals surface area contributed by atoms with E-state index < -0.39 is 42.3 Å². The minimum absolute atomic E-state index is 0.520. The lowest BCUT2D eigenvalue weighted by atomic mass is 10.3. The fraction of sp³-hybridized carbons (Fsp3) is 0.333. The average Bonchev–Trinajstić information content (AvgIpc) is 2.27. The third kappa shape index (κ3) is 3.04. The smallest absolute Gasteiger partial charge is 0.331 e. The van der Waals surface area contributed by atoms with Gasteiger partial charge in [-0.15, -0.1) is 0 Å². The van der Waals surface area contributed by atoms with Crippen LogP contribution in [0.25, 0.3) is 0 Å². The van der Waals surface area contributed by atoms with Crippen molar-refractivity contribution in [3.05, 3.63) is 33.1 Å². The number of nitrogens with zero attached hydrogens (tertiary/aromatic N) is 2. The van der Waals surface area contributed by atoms with Crippen LogP contribution < -0.4 is 17.0 Å². The lowest BCUT2D eigenvalue weighted by Crippen LogP contribution is -2.46. The third-order valence-corrected chi connectivity index (χ3v) is 2.14. The molecule has 0 radical (unpaired) electrons. The minimum Gasteiger partial charge on any atom is -0.480 e. The van der Waals surface area contributed by atoms with Gasteiger partial charge in [0.2, 0.25) is 0 Å². The van der Waals surface area contributed by atoms with Crippen LogP contribution in [0.1, 0.15) is 0 Å². The summed E-state index contributed by atoms with van der Waals surface area (Å²) in [7, 11) is 0. The molecule has 1 aromatic heterocycles. The molecule has 1 atom stereocenters. The van der Waals surface area contributed by atoms with Crippen molar-refractivity contribution in [1.29, 1.82) is 0 Å². The van der Waals surface area contributed by atoms with Crippen molar-refractivity contribution in [2.24, 2.45) is 5.73 Å². The molecule has 18 heavy (non-hydrogen) atoms. The number of aliphatic carboxylic acids is 2. The molecular formula is C9H11N3O6. The predicted octanol–water partition coefficient (Wildman–Crippen LogP) is -2.49. The number of rotatable bonds is 5. The van der Waals surface area contributed by atoms with Crippen LogP contribution in [0.15, 0.2) is 21.9 Å². The van der Waals surface area contributed by atoms with Crippen molar-refractivity contribution in [3.63, 3.8) is 0 Å². The van der Waals surface area contributed by atoms with Gasteiger partial charge in [0.15, 0.2) is 0 Å². The number of carboxylic acids is 2. The van der Waals surface area contributed by atoms with Crippen LogP contribution >= 0.6 is 0 Å². The van der Waals surface area contributed by atoms with E-state index in [2.05, 4.69) is 0 Å². The number of carbonyl (C=O) groups is 2. The first-order chi connectivity index (χ1) is 8.32.